The van der Waals surface area contributed by atoms with Crippen molar-refractivity contribution in [1.82, 2.24) is 4.57 Å². The summed E-state index contributed by atoms with van der Waals surface area (Å²) in [6.07, 6.45) is 2.42. The maximum Gasteiger partial charge on any atom is 0.338 e. The molecule has 194 valence electrons. The van der Waals surface area contributed by atoms with E-state index in [9.17, 15) is 9.59 Å². The van der Waals surface area contributed by atoms with Crippen molar-refractivity contribution >= 4 is 23.4 Å². The molecule has 1 aliphatic rings. The van der Waals surface area contributed by atoms with Gasteiger partial charge in [0, 0.05) is 0 Å². The lowest BCUT2D eigenvalue weighted by molar-refractivity contribution is -0.143. The van der Waals surface area contributed by atoms with E-state index in [0.717, 1.165) is 17.5 Å². The molecule has 2 aromatic carbocycles. The molecule has 8 heteroatoms. The third-order valence-corrected chi connectivity index (χ3v) is 6.71. The van der Waals surface area contributed by atoms with E-state index in [4.69, 9.17) is 14.2 Å². The van der Waals surface area contributed by atoms with Gasteiger partial charge in [-0.15, -0.1) is 0 Å². The Balaban J connectivity index is 1.85. The van der Waals surface area contributed by atoms with Crippen LogP contribution in [0.1, 0.15) is 58.2 Å². The predicted molar refractivity (Wildman–Crippen MR) is 145 cm³/mol. The predicted octanol–water partition coefficient (Wildman–Crippen LogP) is 4.37. The number of hydrogen-bond acceptors (Lipinski definition) is 7. The third kappa shape index (κ3) is 5.69. The van der Waals surface area contributed by atoms with Gasteiger partial charge in [-0.3, -0.25) is 9.36 Å². The van der Waals surface area contributed by atoms with Crippen LogP contribution < -0.4 is 24.4 Å². The Morgan fingerprint density at radius 2 is 1.86 bits per heavy atom. The Bertz CT molecular complexity index is 1480. The molecule has 37 heavy (non-hydrogen) atoms. The monoisotopic (exact) mass is 520 g/mol. The SMILES string of the molecule is CCCOc1ccc(C=c2sc3n(c2=O)C(c2ccccc2)C(C(=O)OC(C)C)=C(C)N=3)cc1OCC. The maximum absolute atomic E-state index is 13.8. The van der Waals surface area contributed by atoms with Gasteiger partial charge < -0.3 is 14.2 Å². The number of fused-ring (bicyclic) bond motifs is 1. The Morgan fingerprint density at radius 1 is 1.11 bits per heavy atom. The highest BCUT2D eigenvalue weighted by Crippen LogP contribution is 2.31. The highest BCUT2D eigenvalue weighted by Gasteiger charge is 2.33. The van der Waals surface area contributed by atoms with Crippen LogP contribution in [-0.4, -0.2) is 29.9 Å². The zero-order chi connectivity index (χ0) is 26.5. The van der Waals surface area contributed by atoms with Gasteiger partial charge in [-0.2, -0.15) is 0 Å². The molecule has 0 bridgehead atoms. The highest BCUT2D eigenvalue weighted by molar-refractivity contribution is 7.07. The van der Waals surface area contributed by atoms with Gasteiger partial charge in [0.2, 0.25) is 0 Å². The molecule has 1 aromatic heterocycles. The van der Waals surface area contributed by atoms with Crippen molar-refractivity contribution in [2.24, 2.45) is 4.99 Å². The second-order valence-electron chi connectivity index (χ2n) is 8.93. The second kappa shape index (κ2) is 11.6. The van der Waals surface area contributed by atoms with E-state index < -0.39 is 12.0 Å². The first-order chi connectivity index (χ1) is 17.8. The summed E-state index contributed by atoms with van der Waals surface area (Å²) in [5.41, 5.74) is 2.32. The quantitative estimate of drug-likeness (QED) is 0.392. The standard InChI is InChI=1S/C29H32N2O5S/c1-6-15-35-22-14-13-20(16-23(22)34-7-2)17-24-27(32)31-26(21-11-9-8-10-12-21)25(28(33)36-18(3)4)19(5)30-29(31)37-24/h8-14,16-18,26H,6-7,15H2,1-5H3. The molecule has 0 amide bonds. The Kier molecular flexibility index (Phi) is 8.28. The summed E-state index contributed by atoms with van der Waals surface area (Å²) in [5, 5.41) is 0. The van der Waals surface area contributed by atoms with Crippen molar-refractivity contribution in [2.45, 2.75) is 53.2 Å². The lowest BCUT2D eigenvalue weighted by Crippen LogP contribution is -2.40. The maximum atomic E-state index is 13.8. The molecule has 0 aliphatic carbocycles. The van der Waals surface area contributed by atoms with Crippen molar-refractivity contribution in [3.63, 3.8) is 0 Å². The minimum Gasteiger partial charge on any atom is -0.490 e. The molecule has 4 rings (SSSR count). The number of esters is 1. The van der Waals surface area contributed by atoms with Crippen LogP contribution in [0.2, 0.25) is 0 Å². The molecule has 0 N–H and O–H groups in total. The van der Waals surface area contributed by atoms with E-state index in [2.05, 4.69) is 4.99 Å². The van der Waals surface area contributed by atoms with Crippen LogP contribution >= 0.6 is 11.3 Å². The first-order valence-corrected chi connectivity index (χ1v) is 13.3. The number of rotatable bonds is 9. The molecule has 1 atom stereocenters. The van der Waals surface area contributed by atoms with Crippen LogP contribution in [0, 0.1) is 0 Å². The Labute approximate surface area is 220 Å². The summed E-state index contributed by atoms with van der Waals surface area (Å²) in [7, 11) is 0. The van der Waals surface area contributed by atoms with Gasteiger partial charge in [0.1, 0.15) is 0 Å². The van der Waals surface area contributed by atoms with Gasteiger partial charge in [-0.1, -0.05) is 54.7 Å². The fourth-order valence-corrected chi connectivity index (χ4v) is 5.22. The Hall–Kier alpha value is -3.65. The minimum absolute atomic E-state index is 0.218. The van der Waals surface area contributed by atoms with Gasteiger partial charge >= 0.3 is 5.97 Å². The summed E-state index contributed by atoms with van der Waals surface area (Å²) >= 11 is 1.29. The number of carbonyl (C=O) groups is 1. The van der Waals surface area contributed by atoms with Crippen LogP contribution in [0.5, 0.6) is 11.5 Å². The minimum atomic E-state index is -0.630. The van der Waals surface area contributed by atoms with Gasteiger partial charge in [0.15, 0.2) is 16.3 Å². The average molecular weight is 521 g/mol. The van der Waals surface area contributed by atoms with E-state index >= 15 is 0 Å². The van der Waals surface area contributed by atoms with Crippen LogP contribution in [0.4, 0.5) is 0 Å². The molecule has 0 saturated heterocycles. The molecule has 0 radical (unpaired) electrons. The summed E-state index contributed by atoms with van der Waals surface area (Å²) in [4.78, 5) is 32.1. The van der Waals surface area contributed by atoms with E-state index in [0.29, 0.717) is 45.3 Å². The van der Waals surface area contributed by atoms with Crippen molar-refractivity contribution < 1.29 is 19.0 Å². The van der Waals surface area contributed by atoms with Crippen LogP contribution in [-0.2, 0) is 9.53 Å². The topological polar surface area (TPSA) is 79.1 Å². The number of thiazole rings is 1. The number of nitrogens with zero attached hydrogens (tertiary/aromatic N) is 2. The molecule has 2 heterocycles. The number of aromatic nitrogens is 1. The molecule has 3 aromatic rings. The normalized spacial score (nSPS) is 15.4. The molecule has 1 unspecified atom stereocenters. The number of allylic oxidation sites excluding steroid dienone is 1. The van der Waals surface area contributed by atoms with E-state index in [-0.39, 0.29) is 11.7 Å². The number of ether oxygens (including phenoxy) is 3. The molecular formula is C29H32N2O5S. The smallest absolute Gasteiger partial charge is 0.338 e. The molecule has 1 aliphatic heterocycles. The summed E-state index contributed by atoms with van der Waals surface area (Å²) in [5.74, 6) is 0.841. The van der Waals surface area contributed by atoms with Crippen molar-refractivity contribution in [2.75, 3.05) is 13.2 Å². The van der Waals surface area contributed by atoms with E-state index in [1.54, 1.807) is 25.3 Å². The third-order valence-electron chi connectivity index (χ3n) is 5.73. The van der Waals surface area contributed by atoms with Crippen LogP contribution in [0.25, 0.3) is 6.08 Å². The second-order valence-corrected chi connectivity index (χ2v) is 9.94. The molecule has 7 nitrogen and oxygen atoms in total. The Morgan fingerprint density at radius 3 is 2.54 bits per heavy atom. The first-order valence-electron chi connectivity index (χ1n) is 12.5. The van der Waals surface area contributed by atoms with Crippen molar-refractivity contribution in [1.29, 1.82) is 0 Å². The molecule has 0 fully saturated rings. The molecular weight excluding hydrogens is 488 g/mol. The van der Waals surface area contributed by atoms with Gasteiger partial charge in [-0.05, 0) is 63.5 Å². The van der Waals surface area contributed by atoms with Gasteiger partial charge in [0.25, 0.3) is 5.56 Å². The van der Waals surface area contributed by atoms with E-state index in [1.807, 2.05) is 68.5 Å². The molecule has 0 spiro atoms. The number of hydrogen-bond donors (Lipinski definition) is 0. The summed E-state index contributed by atoms with van der Waals surface area (Å²) in [6.45, 7) is 10.5. The van der Waals surface area contributed by atoms with Gasteiger partial charge in [0.05, 0.1) is 41.2 Å². The number of benzene rings is 2. The average Bonchev–Trinajstić information content (AvgIpc) is 3.17. The number of carbonyl (C=O) groups excluding carboxylic acids is 1. The fourth-order valence-electron chi connectivity index (χ4n) is 4.18. The van der Waals surface area contributed by atoms with Crippen LogP contribution in [0.15, 0.2) is 69.6 Å². The summed E-state index contributed by atoms with van der Waals surface area (Å²) < 4.78 is 19.2. The van der Waals surface area contributed by atoms with Crippen LogP contribution in [0.3, 0.4) is 0 Å². The highest BCUT2D eigenvalue weighted by atomic mass is 32.1. The lowest BCUT2D eigenvalue weighted by Gasteiger charge is -2.25. The zero-order valence-electron chi connectivity index (χ0n) is 21.8. The van der Waals surface area contributed by atoms with Gasteiger partial charge in [-0.25, -0.2) is 9.79 Å². The van der Waals surface area contributed by atoms with Crippen molar-refractivity contribution in [3.8, 4) is 11.5 Å². The zero-order valence-corrected chi connectivity index (χ0v) is 22.6. The summed E-state index contributed by atoms with van der Waals surface area (Å²) in [6, 6.07) is 14.5. The first kappa shape index (κ1) is 26.4. The fraction of sp³-hybridized carbons (Fsp3) is 0.345. The van der Waals surface area contributed by atoms with E-state index in [1.165, 1.54) is 11.3 Å². The largest absolute Gasteiger partial charge is 0.490 e. The lowest BCUT2D eigenvalue weighted by atomic mass is 9.96. The van der Waals surface area contributed by atoms with Crippen molar-refractivity contribution in [3.05, 3.63) is 90.6 Å². The molecule has 0 saturated carbocycles.